The molecular formula is C26H35BrN2O4. The molecule has 1 N–H and O–H groups in total. The summed E-state index contributed by atoms with van der Waals surface area (Å²) in [6.45, 7) is 11.8. The molecule has 180 valence electrons. The van der Waals surface area contributed by atoms with Crippen molar-refractivity contribution in [3.8, 4) is 11.5 Å². The lowest BCUT2D eigenvalue weighted by Crippen LogP contribution is -2.54. The first-order valence-corrected chi connectivity index (χ1v) is 11.9. The Kier molecular flexibility index (Phi) is 9.35. The molecule has 2 aromatic carbocycles. The Morgan fingerprint density at radius 3 is 2.12 bits per heavy atom. The summed E-state index contributed by atoms with van der Waals surface area (Å²) < 4.78 is 12.1. The highest BCUT2D eigenvalue weighted by Gasteiger charge is 2.31. The van der Waals surface area contributed by atoms with Gasteiger partial charge in [0.15, 0.2) is 6.61 Å². The number of amides is 2. The van der Waals surface area contributed by atoms with Crippen molar-refractivity contribution in [1.29, 1.82) is 0 Å². The zero-order valence-electron chi connectivity index (χ0n) is 20.6. The number of halogens is 1. The fourth-order valence-corrected chi connectivity index (χ4v) is 3.75. The van der Waals surface area contributed by atoms with Crippen LogP contribution in [0.25, 0.3) is 0 Å². The van der Waals surface area contributed by atoms with Crippen molar-refractivity contribution < 1.29 is 19.1 Å². The minimum atomic E-state index is -0.615. The monoisotopic (exact) mass is 518 g/mol. The molecule has 0 aromatic heterocycles. The standard InChI is InChI=1S/C26H35BrN2O4/c1-8-22(25(31)28-26(4,5)6)29(15-19-9-11-20(32-7)12-10-19)23(30)16-33-21-13-17(2)24(27)18(3)14-21/h9-14,22H,8,15-16H2,1-7H3,(H,28,31)/t22-/m1/s1. The molecule has 2 rings (SSSR count). The molecule has 2 aromatic rings. The first kappa shape index (κ1) is 26.7. The second-order valence-electron chi connectivity index (χ2n) is 9.19. The highest BCUT2D eigenvalue weighted by Crippen LogP contribution is 2.26. The summed E-state index contributed by atoms with van der Waals surface area (Å²) in [7, 11) is 1.61. The summed E-state index contributed by atoms with van der Waals surface area (Å²) in [5.41, 5.74) is 2.57. The molecule has 1 atom stereocenters. The highest BCUT2D eigenvalue weighted by molar-refractivity contribution is 9.10. The second-order valence-corrected chi connectivity index (χ2v) is 9.99. The Bertz CT molecular complexity index is 944. The maximum absolute atomic E-state index is 13.3. The molecule has 0 saturated carbocycles. The summed E-state index contributed by atoms with van der Waals surface area (Å²) in [5.74, 6) is 0.929. The molecule has 0 aliphatic heterocycles. The van der Waals surface area contributed by atoms with E-state index in [0.717, 1.165) is 26.9 Å². The molecule has 0 radical (unpaired) electrons. The smallest absolute Gasteiger partial charge is 0.261 e. The third-order valence-electron chi connectivity index (χ3n) is 5.17. The molecule has 7 heteroatoms. The van der Waals surface area contributed by atoms with E-state index in [2.05, 4.69) is 21.2 Å². The lowest BCUT2D eigenvalue weighted by molar-refractivity contribution is -0.143. The number of aryl methyl sites for hydroxylation is 2. The molecule has 0 spiro atoms. The van der Waals surface area contributed by atoms with Gasteiger partial charge in [-0.1, -0.05) is 35.0 Å². The van der Waals surface area contributed by atoms with Crippen LogP contribution >= 0.6 is 15.9 Å². The Balaban J connectivity index is 2.27. The average Bonchev–Trinajstić information content (AvgIpc) is 2.74. The third-order valence-corrected chi connectivity index (χ3v) is 6.42. The number of carbonyl (C=O) groups excluding carboxylic acids is 2. The van der Waals surface area contributed by atoms with Crippen LogP contribution < -0.4 is 14.8 Å². The Morgan fingerprint density at radius 2 is 1.64 bits per heavy atom. The number of rotatable bonds is 9. The maximum atomic E-state index is 13.3. The van der Waals surface area contributed by atoms with Gasteiger partial charge in [-0.05, 0) is 82.0 Å². The predicted molar refractivity (Wildman–Crippen MR) is 135 cm³/mol. The Hall–Kier alpha value is -2.54. The number of benzene rings is 2. The first-order chi connectivity index (χ1) is 15.4. The van der Waals surface area contributed by atoms with Crippen molar-refractivity contribution in [1.82, 2.24) is 10.2 Å². The van der Waals surface area contributed by atoms with Crippen molar-refractivity contribution in [2.24, 2.45) is 0 Å². The van der Waals surface area contributed by atoms with Crippen LogP contribution in [0.15, 0.2) is 40.9 Å². The number of ether oxygens (including phenoxy) is 2. The maximum Gasteiger partial charge on any atom is 0.261 e. The number of hydrogen-bond acceptors (Lipinski definition) is 4. The fraction of sp³-hybridized carbons (Fsp3) is 0.462. The fourth-order valence-electron chi connectivity index (χ4n) is 3.52. The van der Waals surface area contributed by atoms with Gasteiger partial charge < -0.3 is 19.7 Å². The van der Waals surface area contributed by atoms with Gasteiger partial charge >= 0.3 is 0 Å². The summed E-state index contributed by atoms with van der Waals surface area (Å²) >= 11 is 3.55. The molecule has 0 heterocycles. The third kappa shape index (κ3) is 7.77. The van der Waals surface area contributed by atoms with Crippen LogP contribution in [0.1, 0.15) is 50.8 Å². The predicted octanol–water partition coefficient (Wildman–Crippen LogP) is 5.18. The lowest BCUT2D eigenvalue weighted by atomic mass is 10.1. The molecule has 6 nitrogen and oxygen atoms in total. The first-order valence-electron chi connectivity index (χ1n) is 11.1. The topological polar surface area (TPSA) is 67.9 Å². The van der Waals surface area contributed by atoms with Gasteiger partial charge in [0.05, 0.1) is 7.11 Å². The van der Waals surface area contributed by atoms with Crippen LogP contribution in [0.5, 0.6) is 11.5 Å². The van der Waals surface area contributed by atoms with E-state index in [-0.39, 0.29) is 18.4 Å². The van der Waals surface area contributed by atoms with Gasteiger partial charge in [0.25, 0.3) is 5.91 Å². The van der Waals surface area contributed by atoms with Crippen LogP contribution in [0.3, 0.4) is 0 Å². The van der Waals surface area contributed by atoms with E-state index in [0.29, 0.717) is 18.7 Å². The minimum Gasteiger partial charge on any atom is -0.497 e. The zero-order chi connectivity index (χ0) is 24.8. The van der Waals surface area contributed by atoms with Crippen LogP contribution in [0, 0.1) is 13.8 Å². The molecule has 2 amide bonds. The number of nitrogens with one attached hydrogen (secondary N) is 1. The van der Waals surface area contributed by atoms with E-state index >= 15 is 0 Å². The molecular weight excluding hydrogens is 484 g/mol. The largest absolute Gasteiger partial charge is 0.497 e. The van der Waals surface area contributed by atoms with Crippen molar-refractivity contribution in [3.05, 3.63) is 57.6 Å². The van der Waals surface area contributed by atoms with Gasteiger partial charge in [0.1, 0.15) is 17.5 Å². The van der Waals surface area contributed by atoms with Gasteiger partial charge in [-0.2, -0.15) is 0 Å². The van der Waals surface area contributed by atoms with E-state index in [9.17, 15) is 9.59 Å². The van der Waals surface area contributed by atoms with Crippen molar-refractivity contribution in [2.75, 3.05) is 13.7 Å². The number of carbonyl (C=O) groups is 2. The number of hydrogen-bond donors (Lipinski definition) is 1. The summed E-state index contributed by atoms with van der Waals surface area (Å²) in [4.78, 5) is 28.0. The zero-order valence-corrected chi connectivity index (χ0v) is 22.2. The molecule has 33 heavy (non-hydrogen) atoms. The summed E-state index contributed by atoms with van der Waals surface area (Å²) in [6.07, 6.45) is 0.486. The molecule has 0 saturated heterocycles. The Labute approximate surface area is 205 Å². The van der Waals surface area contributed by atoms with Crippen LogP contribution in [0.4, 0.5) is 0 Å². The minimum absolute atomic E-state index is 0.157. The van der Waals surface area contributed by atoms with E-state index in [4.69, 9.17) is 9.47 Å². The van der Waals surface area contributed by atoms with Gasteiger partial charge in [-0.15, -0.1) is 0 Å². The lowest BCUT2D eigenvalue weighted by Gasteiger charge is -2.33. The second kappa shape index (κ2) is 11.5. The van der Waals surface area contributed by atoms with Crippen LogP contribution in [-0.4, -0.2) is 42.0 Å². The van der Waals surface area contributed by atoms with E-state index in [1.54, 1.807) is 12.0 Å². The molecule has 0 unspecified atom stereocenters. The summed E-state index contributed by atoms with van der Waals surface area (Å²) in [6, 6.07) is 10.7. The normalized spacial score (nSPS) is 12.1. The van der Waals surface area contributed by atoms with Crippen LogP contribution in [0.2, 0.25) is 0 Å². The van der Waals surface area contributed by atoms with Crippen molar-refractivity contribution >= 4 is 27.7 Å². The van der Waals surface area contributed by atoms with Crippen LogP contribution in [-0.2, 0) is 16.1 Å². The van der Waals surface area contributed by atoms with Crippen molar-refractivity contribution in [2.45, 2.75) is 66.1 Å². The van der Waals surface area contributed by atoms with Gasteiger partial charge in [-0.25, -0.2) is 0 Å². The molecule has 0 bridgehead atoms. The van der Waals surface area contributed by atoms with Gasteiger partial charge in [0, 0.05) is 16.6 Å². The van der Waals surface area contributed by atoms with Crippen molar-refractivity contribution in [3.63, 3.8) is 0 Å². The highest BCUT2D eigenvalue weighted by atomic mass is 79.9. The number of methoxy groups -OCH3 is 1. The Morgan fingerprint density at radius 1 is 1.06 bits per heavy atom. The van der Waals surface area contributed by atoms with Gasteiger partial charge in [0.2, 0.25) is 5.91 Å². The van der Waals surface area contributed by atoms with Gasteiger partial charge in [-0.3, -0.25) is 9.59 Å². The van der Waals surface area contributed by atoms with E-state index in [1.165, 1.54) is 0 Å². The number of nitrogens with zero attached hydrogens (tertiary/aromatic N) is 1. The average molecular weight is 519 g/mol. The molecule has 0 aliphatic rings. The van der Waals surface area contributed by atoms with E-state index < -0.39 is 11.6 Å². The molecule has 0 fully saturated rings. The van der Waals surface area contributed by atoms with E-state index in [1.807, 2.05) is 77.9 Å². The summed E-state index contributed by atoms with van der Waals surface area (Å²) in [5, 5.41) is 3.01. The SMILES string of the molecule is CC[C@H](C(=O)NC(C)(C)C)N(Cc1ccc(OC)cc1)C(=O)COc1cc(C)c(Br)c(C)c1. The molecule has 0 aliphatic carbocycles. The quantitative estimate of drug-likeness (QED) is 0.496.